The summed E-state index contributed by atoms with van der Waals surface area (Å²) in [6, 6.07) is 5.46. The van der Waals surface area contributed by atoms with Crippen LogP contribution in [0.15, 0.2) is 23.0 Å². The van der Waals surface area contributed by atoms with Crippen LogP contribution in [0.4, 0.5) is 5.69 Å². The van der Waals surface area contributed by atoms with Crippen LogP contribution in [0.3, 0.4) is 0 Å². The largest absolute Gasteiger partial charge is 0.497 e. The lowest BCUT2D eigenvalue weighted by Gasteiger charge is -2.05. The molecular weight excluding hydrogens is 254 g/mol. The third-order valence-corrected chi connectivity index (χ3v) is 3.70. The van der Waals surface area contributed by atoms with Crippen LogP contribution in [0.2, 0.25) is 0 Å². The number of H-pyrrole nitrogens is 1. The lowest BCUT2D eigenvalue weighted by atomic mass is 10.1. The first-order valence-electron chi connectivity index (χ1n) is 6.17. The van der Waals surface area contributed by atoms with Gasteiger partial charge in [-0.1, -0.05) is 0 Å². The molecule has 1 aromatic carbocycles. The smallest absolute Gasteiger partial charge is 0.257 e. The Balaban J connectivity index is 2.63. The quantitative estimate of drug-likeness (QED) is 0.689. The Morgan fingerprint density at radius 3 is 2.70 bits per heavy atom. The van der Waals surface area contributed by atoms with Gasteiger partial charge in [-0.15, -0.1) is 0 Å². The van der Waals surface area contributed by atoms with Crippen LogP contribution in [0.25, 0.3) is 21.5 Å². The number of methoxy groups -OCH3 is 1. The summed E-state index contributed by atoms with van der Waals surface area (Å²) >= 11 is 0. The van der Waals surface area contributed by atoms with Gasteiger partial charge in [0.15, 0.2) is 0 Å². The molecule has 0 bridgehead atoms. The second-order valence-corrected chi connectivity index (χ2v) is 4.71. The zero-order valence-electron chi connectivity index (χ0n) is 11.4. The summed E-state index contributed by atoms with van der Waals surface area (Å²) in [7, 11) is 1.58. The van der Waals surface area contributed by atoms with Crippen LogP contribution < -0.4 is 10.3 Å². The monoisotopic (exact) mass is 267 g/mol. The first-order chi connectivity index (χ1) is 9.58. The zero-order valence-corrected chi connectivity index (χ0v) is 11.4. The van der Waals surface area contributed by atoms with E-state index in [-0.39, 0.29) is 5.56 Å². The van der Waals surface area contributed by atoms with E-state index in [1.807, 2.05) is 12.1 Å². The van der Waals surface area contributed by atoms with Crippen LogP contribution in [-0.4, -0.2) is 16.5 Å². The van der Waals surface area contributed by atoms with Crippen molar-refractivity contribution in [2.24, 2.45) is 0 Å². The molecule has 0 aliphatic carbocycles. The molecule has 0 spiro atoms. The molecule has 0 saturated carbocycles. The van der Waals surface area contributed by atoms with Crippen molar-refractivity contribution in [1.29, 1.82) is 0 Å². The van der Waals surface area contributed by atoms with Gasteiger partial charge in [0.25, 0.3) is 5.56 Å². The third kappa shape index (κ3) is 1.45. The molecule has 0 unspecified atom stereocenters. The van der Waals surface area contributed by atoms with Gasteiger partial charge in [0, 0.05) is 11.6 Å². The van der Waals surface area contributed by atoms with Crippen molar-refractivity contribution in [1.82, 2.24) is 9.38 Å². The molecule has 5 heteroatoms. The van der Waals surface area contributed by atoms with Crippen molar-refractivity contribution < 1.29 is 4.74 Å². The average molecular weight is 267 g/mol. The lowest BCUT2D eigenvalue weighted by Crippen LogP contribution is -2.16. The number of aromatic nitrogens is 2. The molecule has 0 aliphatic heterocycles. The van der Waals surface area contributed by atoms with Crippen molar-refractivity contribution in [2.45, 2.75) is 13.8 Å². The molecule has 0 aliphatic rings. The van der Waals surface area contributed by atoms with Gasteiger partial charge in [-0.05, 0) is 31.5 Å². The molecule has 3 rings (SSSR count). The van der Waals surface area contributed by atoms with Gasteiger partial charge in [-0.25, -0.2) is 4.85 Å². The maximum atomic E-state index is 12.5. The molecule has 20 heavy (non-hydrogen) atoms. The van der Waals surface area contributed by atoms with Crippen LogP contribution in [0.1, 0.15) is 11.1 Å². The molecule has 0 radical (unpaired) electrons. The highest BCUT2D eigenvalue weighted by Crippen LogP contribution is 2.29. The van der Waals surface area contributed by atoms with Gasteiger partial charge in [-0.3, -0.25) is 9.20 Å². The van der Waals surface area contributed by atoms with Crippen LogP contribution in [-0.2, 0) is 0 Å². The van der Waals surface area contributed by atoms with Crippen molar-refractivity contribution in [2.75, 3.05) is 7.11 Å². The molecule has 0 saturated heterocycles. The van der Waals surface area contributed by atoms with E-state index in [0.29, 0.717) is 22.6 Å². The standard InChI is InChI=1S/C15H13N3O2/c1-8-9(2)15(19)18-12-7-10(20-4)5-6-11(12)17-14(18)13(8)16-3/h5-7,17H,1-2,4H3. The molecule has 3 aromatic rings. The van der Waals surface area contributed by atoms with Crippen molar-refractivity contribution in [3.8, 4) is 5.75 Å². The number of fused-ring (bicyclic) bond motifs is 3. The fourth-order valence-corrected chi connectivity index (χ4v) is 2.43. The SMILES string of the molecule is [C-]#[N+]c1c(C)c(C)c(=O)n2c1[nH]c1ccc(OC)cc12. The van der Waals surface area contributed by atoms with Crippen LogP contribution >= 0.6 is 0 Å². The fraction of sp³-hybridized carbons (Fsp3) is 0.200. The number of imidazole rings is 1. The summed E-state index contributed by atoms with van der Waals surface area (Å²) in [6.07, 6.45) is 0. The zero-order chi connectivity index (χ0) is 14.4. The van der Waals surface area contributed by atoms with Crippen molar-refractivity contribution in [3.63, 3.8) is 0 Å². The normalized spacial score (nSPS) is 10.9. The molecule has 5 nitrogen and oxygen atoms in total. The van der Waals surface area contributed by atoms with E-state index in [0.717, 1.165) is 16.6 Å². The maximum Gasteiger partial charge on any atom is 0.257 e. The predicted molar refractivity (Wildman–Crippen MR) is 77.8 cm³/mol. The Kier molecular flexibility index (Phi) is 2.54. The predicted octanol–water partition coefficient (Wildman–Crippen LogP) is 2.96. The molecule has 0 fully saturated rings. The Bertz CT molecular complexity index is 942. The first kappa shape index (κ1) is 12.3. The van der Waals surface area contributed by atoms with E-state index >= 15 is 0 Å². The van der Waals surface area contributed by atoms with Gasteiger partial charge in [0.2, 0.25) is 5.69 Å². The number of hydrogen-bond acceptors (Lipinski definition) is 2. The molecule has 2 heterocycles. The number of rotatable bonds is 1. The summed E-state index contributed by atoms with van der Waals surface area (Å²) in [5.41, 5.74) is 3.76. The number of ether oxygens (including phenoxy) is 1. The van der Waals surface area contributed by atoms with Crippen molar-refractivity contribution in [3.05, 3.63) is 51.1 Å². The van der Waals surface area contributed by atoms with E-state index < -0.39 is 0 Å². The van der Waals surface area contributed by atoms with Gasteiger partial charge >= 0.3 is 0 Å². The first-order valence-corrected chi connectivity index (χ1v) is 6.17. The van der Waals surface area contributed by atoms with E-state index in [1.165, 1.54) is 0 Å². The van der Waals surface area contributed by atoms with E-state index in [9.17, 15) is 4.79 Å². The molecule has 0 atom stereocenters. The molecule has 0 amide bonds. The Labute approximate surface area is 115 Å². The molecular formula is C15H13N3O2. The number of nitrogens with zero attached hydrogens (tertiary/aromatic N) is 2. The maximum absolute atomic E-state index is 12.5. The minimum absolute atomic E-state index is 0.107. The van der Waals surface area contributed by atoms with Crippen LogP contribution in [0, 0.1) is 20.4 Å². The molecule has 100 valence electrons. The highest BCUT2D eigenvalue weighted by Gasteiger charge is 2.16. The Morgan fingerprint density at radius 2 is 2.05 bits per heavy atom. The minimum Gasteiger partial charge on any atom is -0.497 e. The highest BCUT2D eigenvalue weighted by atomic mass is 16.5. The third-order valence-electron chi connectivity index (χ3n) is 3.70. The summed E-state index contributed by atoms with van der Waals surface area (Å²) in [5, 5.41) is 0. The van der Waals surface area contributed by atoms with Gasteiger partial charge in [0.1, 0.15) is 11.4 Å². The van der Waals surface area contributed by atoms with Crippen LogP contribution in [0.5, 0.6) is 5.75 Å². The summed E-state index contributed by atoms with van der Waals surface area (Å²) in [5.74, 6) is 0.674. The van der Waals surface area contributed by atoms with Crippen molar-refractivity contribution >= 4 is 22.4 Å². The number of hydrogen-bond donors (Lipinski definition) is 1. The summed E-state index contributed by atoms with van der Waals surface area (Å²) < 4.78 is 6.75. The average Bonchev–Trinajstić information content (AvgIpc) is 2.83. The topological polar surface area (TPSA) is 50.9 Å². The number of pyridine rings is 1. The Morgan fingerprint density at radius 1 is 1.30 bits per heavy atom. The fourth-order valence-electron chi connectivity index (χ4n) is 2.43. The lowest BCUT2D eigenvalue weighted by molar-refractivity contribution is 0.415. The number of nitrogens with one attached hydrogen (secondary N) is 1. The number of benzene rings is 1. The summed E-state index contributed by atoms with van der Waals surface area (Å²) in [4.78, 5) is 19.2. The minimum atomic E-state index is -0.107. The van der Waals surface area contributed by atoms with Gasteiger partial charge in [-0.2, -0.15) is 0 Å². The molecule has 1 N–H and O–H groups in total. The van der Waals surface area contributed by atoms with E-state index in [1.54, 1.807) is 31.4 Å². The van der Waals surface area contributed by atoms with E-state index in [4.69, 9.17) is 11.3 Å². The molecule has 2 aromatic heterocycles. The second kappa shape index (κ2) is 4.14. The van der Waals surface area contributed by atoms with Gasteiger partial charge in [0.05, 0.1) is 24.7 Å². The Hall–Kier alpha value is -2.74. The van der Waals surface area contributed by atoms with E-state index in [2.05, 4.69) is 9.83 Å². The summed E-state index contributed by atoms with van der Waals surface area (Å²) in [6.45, 7) is 10.9. The second-order valence-electron chi connectivity index (χ2n) is 4.71. The number of aromatic amines is 1. The van der Waals surface area contributed by atoms with Gasteiger partial charge < -0.3 is 9.72 Å². The highest BCUT2D eigenvalue weighted by molar-refractivity contribution is 5.87.